The van der Waals surface area contributed by atoms with Crippen LogP contribution in [0.2, 0.25) is 0 Å². The van der Waals surface area contributed by atoms with Gasteiger partial charge in [0.15, 0.2) is 6.17 Å². The van der Waals surface area contributed by atoms with Crippen molar-refractivity contribution in [2.75, 3.05) is 12.3 Å². The van der Waals surface area contributed by atoms with Crippen molar-refractivity contribution >= 4 is 31.3 Å². The van der Waals surface area contributed by atoms with Crippen molar-refractivity contribution in [3.63, 3.8) is 0 Å². The van der Waals surface area contributed by atoms with E-state index in [4.69, 9.17) is 19.5 Å². The van der Waals surface area contributed by atoms with Crippen LogP contribution in [-0.4, -0.2) is 56.9 Å². The molecule has 6 atom stereocenters. The third kappa shape index (κ3) is 7.05. The molecule has 1 aromatic carbocycles. The van der Waals surface area contributed by atoms with E-state index >= 15 is 0 Å². The second-order valence-corrected chi connectivity index (χ2v) is 11.1. The number of nitrogen functional groups attached to an aromatic ring is 1. The molecule has 0 unspecified atom stereocenters. The topological polar surface area (TPSA) is 155 Å². The van der Waals surface area contributed by atoms with E-state index in [1.165, 1.54) is 19.2 Å². The number of nitrogens with two attached hydrogens (primary N) is 1. The normalized spacial score (nSPS) is 24.6. The molecule has 1 aliphatic heterocycles. The van der Waals surface area contributed by atoms with Gasteiger partial charge in [0, 0.05) is 6.20 Å². The Kier molecular flexibility index (Phi) is 8.94. The zero-order valence-corrected chi connectivity index (χ0v) is 21.0. The number of aromatic nitrogens is 2. The van der Waals surface area contributed by atoms with Crippen LogP contribution in [0.25, 0.3) is 0 Å². The summed E-state index contributed by atoms with van der Waals surface area (Å²) in [4.78, 5) is 27.9. The molecule has 2 aromatic rings. The van der Waals surface area contributed by atoms with Crippen molar-refractivity contribution < 1.29 is 32.6 Å². The minimum absolute atomic E-state index is 0.0136. The summed E-state index contributed by atoms with van der Waals surface area (Å²) >= 11 is 0.917. The molecule has 1 fully saturated rings. The lowest BCUT2D eigenvalue weighted by Crippen LogP contribution is -2.37. The fourth-order valence-electron chi connectivity index (χ4n) is 3.19. The highest BCUT2D eigenvalue weighted by atomic mass is 32.2. The monoisotopic (exact) mass is 530 g/mol. The summed E-state index contributed by atoms with van der Waals surface area (Å²) in [6.45, 7) is 4.36. The molecular weight excluding hydrogens is 502 g/mol. The first kappa shape index (κ1) is 27.2. The van der Waals surface area contributed by atoms with Crippen molar-refractivity contribution in [3.8, 4) is 5.75 Å². The zero-order chi connectivity index (χ0) is 25.8. The van der Waals surface area contributed by atoms with E-state index in [1.54, 1.807) is 44.2 Å². The van der Waals surface area contributed by atoms with Crippen molar-refractivity contribution in [1.82, 2.24) is 14.6 Å². The number of nitrogens with zero attached hydrogens (tertiary/aromatic N) is 2. The highest BCUT2D eigenvalue weighted by molar-refractivity contribution is 8.00. The number of carbonyl (C=O) groups excluding carboxylic acids is 1. The van der Waals surface area contributed by atoms with Gasteiger partial charge in [-0.3, -0.25) is 13.9 Å². The Bertz CT molecular complexity index is 1120. The second-order valence-electron chi connectivity index (χ2n) is 8.08. The number of alkyl halides is 1. The molecule has 1 aliphatic rings. The number of carbonyl (C=O) groups is 1. The highest BCUT2D eigenvalue weighted by Crippen LogP contribution is 2.48. The van der Waals surface area contributed by atoms with Gasteiger partial charge in [0.25, 0.3) is 0 Å². The third-order valence-electron chi connectivity index (χ3n) is 4.85. The Balaban J connectivity index is 1.75. The van der Waals surface area contributed by atoms with Gasteiger partial charge in [-0.15, -0.1) is 11.8 Å². The maximum atomic E-state index is 14.9. The first-order valence-electron chi connectivity index (χ1n) is 10.8. The Labute approximate surface area is 205 Å². The number of ether oxygens (including phenoxy) is 1. The average molecular weight is 531 g/mol. The van der Waals surface area contributed by atoms with Crippen molar-refractivity contribution in [1.29, 1.82) is 0 Å². The van der Waals surface area contributed by atoms with E-state index < -0.39 is 61.1 Å². The number of esters is 1. The minimum Gasteiger partial charge on any atom is -0.462 e. The molecule has 1 aromatic heterocycles. The minimum atomic E-state index is -4.20. The van der Waals surface area contributed by atoms with E-state index in [1.807, 2.05) is 0 Å². The largest absolute Gasteiger partial charge is 0.462 e. The van der Waals surface area contributed by atoms with E-state index in [0.29, 0.717) is 0 Å². The predicted molar refractivity (Wildman–Crippen MR) is 129 cm³/mol. The SMILES string of the molecule is CC(C)OC(=O)[C@H](C)N[P@@](=O)(OC[C@H]1S[C@@H](n2ccc(N)nc2=O)[C@@H](F)[C@@H]1O)Oc1ccccc1. The van der Waals surface area contributed by atoms with Crippen LogP contribution in [0.3, 0.4) is 0 Å². The van der Waals surface area contributed by atoms with Gasteiger partial charge in [-0.2, -0.15) is 10.1 Å². The van der Waals surface area contributed by atoms with Gasteiger partial charge in [0.2, 0.25) is 0 Å². The van der Waals surface area contributed by atoms with Crippen molar-refractivity contribution in [3.05, 3.63) is 53.1 Å². The van der Waals surface area contributed by atoms with Crippen LogP contribution in [-0.2, 0) is 18.6 Å². The number of aliphatic hydroxyl groups is 1. The summed E-state index contributed by atoms with van der Waals surface area (Å²) in [6.07, 6.45) is -2.48. The fourth-order valence-corrected chi connectivity index (χ4v) is 6.23. The predicted octanol–water partition coefficient (Wildman–Crippen LogP) is 2.27. The Hall–Kier alpha value is -2.44. The molecule has 14 heteroatoms. The number of halogens is 1. The van der Waals surface area contributed by atoms with Crippen LogP contribution in [0.15, 0.2) is 47.4 Å². The van der Waals surface area contributed by atoms with Gasteiger partial charge in [-0.05, 0) is 39.0 Å². The summed E-state index contributed by atoms with van der Waals surface area (Å²) in [7, 11) is -4.20. The molecular formula is C21H28FN4O7PS. The maximum Gasteiger partial charge on any atom is 0.459 e. The van der Waals surface area contributed by atoms with E-state index in [2.05, 4.69) is 10.1 Å². The zero-order valence-electron chi connectivity index (χ0n) is 19.3. The molecule has 0 aliphatic carbocycles. The van der Waals surface area contributed by atoms with Crippen molar-refractivity contribution in [2.24, 2.45) is 0 Å². The second kappa shape index (κ2) is 11.5. The number of benzene rings is 1. The molecule has 1 saturated heterocycles. The van der Waals surface area contributed by atoms with E-state index in [-0.39, 0.29) is 11.6 Å². The van der Waals surface area contributed by atoms with Gasteiger partial charge in [-0.25, -0.2) is 13.8 Å². The first-order chi connectivity index (χ1) is 16.5. The van der Waals surface area contributed by atoms with Crippen LogP contribution in [0.4, 0.5) is 10.2 Å². The molecule has 35 heavy (non-hydrogen) atoms. The van der Waals surface area contributed by atoms with E-state index in [0.717, 1.165) is 16.3 Å². The highest BCUT2D eigenvalue weighted by Gasteiger charge is 2.46. The number of hydrogen-bond donors (Lipinski definition) is 3. The number of nitrogens with one attached hydrogen (secondary N) is 1. The lowest BCUT2D eigenvalue weighted by molar-refractivity contribution is -0.149. The Morgan fingerprint density at radius 2 is 2.00 bits per heavy atom. The van der Waals surface area contributed by atoms with E-state index in [9.17, 15) is 23.7 Å². The first-order valence-corrected chi connectivity index (χ1v) is 13.3. The lowest BCUT2D eigenvalue weighted by atomic mass is 10.1. The lowest BCUT2D eigenvalue weighted by Gasteiger charge is -2.25. The summed E-state index contributed by atoms with van der Waals surface area (Å²) in [5.74, 6) is -0.483. The number of para-hydroxylation sites is 1. The van der Waals surface area contributed by atoms with Gasteiger partial charge < -0.3 is 20.1 Å². The molecule has 11 nitrogen and oxygen atoms in total. The molecule has 0 amide bonds. The molecule has 4 N–H and O–H groups in total. The molecule has 0 bridgehead atoms. The molecule has 0 spiro atoms. The van der Waals surface area contributed by atoms with Gasteiger partial charge in [0.1, 0.15) is 29.1 Å². The van der Waals surface area contributed by atoms with Crippen LogP contribution in [0, 0.1) is 0 Å². The van der Waals surface area contributed by atoms with Crippen LogP contribution in [0.5, 0.6) is 5.75 Å². The molecule has 0 saturated carbocycles. The third-order valence-corrected chi connectivity index (χ3v) is 8.03. The summed E-state index contributed by atoms with van der Waals surface area (Å²) in [6, 6.07) is 8.41. The summed E-state index contributed by atoms with van der Waals surface area (Å²) in [5, 5.41) is 11.0. The number of thioether (sulfide) groups is 1. The van der Waals surface area contributed by atoms with Crippen LogP contribution in [0.1, 0.15) is 26.1 Å². The number of rotatable bonds is 10. The standard InChI is InChI=1S/C21H28FN4O7PS/c1-12(2)32-20(28)13(3)25-34(30,33-14-7-5-4-6-8-14)31-11-15-18(27)17(22)19(35-15)26-10-9-16(23)24-21(26)29/h4-10,12-13,15,17-19,27H,11H2,1-3H3,(H,25,30)(H2,23,24,29)/t13-,15+,17-,18+,19+,34+/m0/s1. The summed E-state index contributed by atoms with van der Waals surface area (Å²) < 4.78 is 45.7. The van der Waals surface area contributed by atoms with Gasteiger partial charge in [-0.1, -0.05) is 18.2 Å². The molecule has 2 heterocycles. The van der Waals surface area contributed by atoms with Gasteiger partial charge in [0.05, 0.1) is 18.0 Å². The molecule has 192 valence electrons. The number of aliphatic hydroxyl groups excluding tert-OH is 1. The average Bonchev–Trinajstić information content (AvgIpc) is 3.06. The number of anilines is 1. The quantitative estimate of drug-likeness (QED) is 0.306. The van der Waals surface area contributed by atoms with Crippen LogP contribution >= 0.6 is 19.5 Å². The van der Waals surface area contributed by atoms with Gasteiger partial charge >= 0.3 is 19.4 Å². The Morgan fingerprint density at radius 1 is 1.31 bits per heavy atom. The summed E-state index contributed by atoms with van der Waals surface area (Å²) in [5.41, 5.74) is 4.72. The smallest absolute Gasteiger partial charge is 0.459 e. The fraction of sp³-hybridized carbons (Fsp3) is 0.476. The number of hydrogen-bond acceptors (Lipinski definition) is 10. The van der Waals surface area contributed by atoms with Crippen LogP contribution < -0.4 is 21.0 Å². The Morgan fingerprint density at radius 3 is 2.63 bits per heavy atom. The molecule has 0 radical (unpaired) electrons. The molecule has 3 rings (SSSR count). The van der Waals surface area contributed by atoms with Crippen molar-refractivity contribution in [2.45, 2.75) is 55.8 Å². The maximum absolute atomic E-state index is 14.9.